The van der Waals surface area contributed by atoms with E-state index in [4.69, 9.17) is 9.47 Å². The highest BCUT2D eigenvalue weighted by atomic mass is 16.5. The molecule has 1 aliphatic carbocycles. The lowest BCUT2D eigenvalue weighted by Crippen LogP contribution is -2.24. The average Bonchev–Trinajstić information content (AvgIpc) is 3.41. The van der Waals surface area contributed by atoms with Crippen molar-refractivity contribution in [3.63, 3.8) is 0 Å². The first-order valence-corrected chi connectivity index (χ1v) is 10.5. The summed E-state index contributed by atoms with van der Waals surface area (Å²) < 4.78 is 13.7. The predicted octanol–water partition coefficient (Wildman–Crippen LogP) is 3.44. The van der Waals surface area contributed by atoms with Gasteiger partial charge in [0.05, 0.1) is 18.5 Å². The van der Waals surface area contributed by atoms with Gasteiger partial charge in [0.15, 0.2) is 5.65 Å². The van der Waals surface area contributed by atoms with Crippen molar-refractivity contribution in [2.75, 3.05) is 11.9 Å². The summed E-state index contributed by atoms with van der Waals surface area (Å²) in [6.07, 6.45) is 7.60. The highest BCUT2D eigenvalue weighted by molar-refractivity contribution is 6.08. The maximum Gasteiger partial charge on any atom is 0.261 e. The number of aromatic nitrogens is 3. The van der Waals surface area contributed by atoms with Crippen molar-refractivity contribution < 1.29 is 19.1 Å². The summed E-state index contributed by atoms with van der Waals surface area (Å²) in [6, 6.07) is 5.50. The van der Waals surface area contributed by atoms with Crippen molar-refractivity contribution in [1.82, 2.24) is 14.6 Å². The molecule has 1 aliphatic heterocycles. The first-order chi connectivity index (χ1) is 14.9. The van der Waals surface area contributed by atoms with E-state index in [9.17, 15) is 9.59 Å². The molecule has 2 aromatic heterocycles. The average molecular weight is 420 g/mol. The largest absolute Gasteiger partial charge is 0.491 e. The summed E-state index contributed by atoms with van der Waals surface area (Å²) in [4.78, 5) is 28.9. The topological polar surface area (TPSA) is 94.8 Å². The van der Waals surface area contributed by atoms with Crippen LogP contribution in [0.1, 0.15) is 49.0 Å². The molecule has 1 atom stereocenters. The Morgan fingerprint density at radius 1 is 1.39 bits per heavy atom. The normalized spacial score (nSPS) is 19.3. The number of ether oxygens (including phenoxy) is 2. The number of nitrogens with one attached hydrogen (secondary N) is 1. The molecular formula is C23H24N4O4. The van der Waals surface area contributed by atoms with Gasteiger partial charge in [-0.2, -0.15) is 5.10 Å². The van der Waals surface area contributed by atoms with Gasteiger partial charge in [-0.3, -0.25) is 9.59 Å². The number of ketones is 1. The molecular weight excluding hydrogens is 396 g/mol. The number of benzene rings is 1. The second-order valence-corrected chi connectivity index (χ2v) is 8.85. The van der Waals surface area contributed by atoms with Crippen LogP contribution in [-0.4, -0.2) is 38.5 Å². The minimum atomic E-state index is -0.313. The zero-order chi connectivity index (χ0) is 21.6. The monoisotopic (exact) mass is 420 g/mol. The first kappa shape index (κ1) is 19.5. The Hall–Kier alpha value is -3.42. The SMILES string of the molecule is CC1(C)Cc2cc(NC(=O)c3cnn4cccnc34)c(OC[C@@H]3CCC(=O)C3)cc2O1. The van der Waals surface area contributed by atoms with Gasteiger partial charge in [0, 0.05) is 49.2 Å². The lowest BCUT2D eigenvalue weighted by Gasteiger charge is -2.18. The van der Waals surface area contributed by atoms with Crippen molar-refractivity contribution in [2.24, 2.45) is 5.92 Å². The van der Waals surface area contributed by atoms with Crippen LogP contribution in [0.3, 0.4) is 0 Å². The molecule has 1 fully saturated rings. The van der Waals surface area contributed by atoms with Crippen molar-refractivity contribution >= 4 is 23.0 Å². The van der Waals surface area contributed by atoms with Gasteiger partial charge in [0.25, 0.3) is 5.91 Å². The molecule has 2 aliphatic rings. The molecule has 8 nitrogen and oxygen atoms in total. The van der Waals surface area contributed by atoms with Gasteiger partial charge in [-0.1, -0.05) is 0 Å². The van der Waals surface area contributed by atoms with E-state index in [0.717, 1.165) is 24.2 Å². The van der Waals surface area contributed by atoms with Gasteiger partial charge in [-0.15, -0.1) is 0 Å². The Morgan fingerprint density at radius 3 is 3.06 bits per heavy atom. The highest BCUT2D eigenvalue weighted by Gasteiger charge is 2.32. The molecule has 1 N–H and O–H groups in total. The van der Waals surface area contributed by atoms with Crippen LogP contribution in [-0.2, 0) is 11.2 Å². The molecule has 0 saturated heterocycles. The van der Waals surface area contributed by atoms with Crippen LogP contribution in [0.15, 0.2) is 36.8 Å². The zero-order valence-corrected chi connectivity index (χ0v) is 17.6. The molecule has 0 radical (unpaired) electrons. The third-order valence-electron chi connectivity index (χ3n) is 5.76. The summed E-state index contributed by atoms with van der Waals surface area (Å²) in [5.74, 6) is 1.46. The number of hydrogen-bond donors (Lipinski definition) is 1. The standard InChI is InChI=1S/C23H24N4O4/c1-23(2)11-15-9-18(26-22(29)17-12-25-27-7-3-6-24-21(17)27)20(10-19(15)31-23)30-13-14-4-5-16(28)8-14/h3,6-7,9-10,12,14H,4-5,8,11,13H2,1-2H3,(H,26,29)/t14-/m1/s1. The molecule has 1 aromatic carbocycles. The Bertz CT molecular complexity index is 1180. The number of anilines is 1. The number of hydrogen-bond acceptors (Lipinski definition) is 6. The molecule has 31 heavy (non-hydrogen) atoms. The summed E-state index contributed by atoms with van der Waals surface area (Å²) in [7, 11) is 0. The van der Waals surface area contributed by atoms with E-state index in [1.54, 1.807) is 23.0 Å². The highest BCUT2D eigenvalue weighted by Crippen LogP contribution is 2.42. The second-order valence-electron chi connectivity index (χ2n) is 8.85. The maximum atomic E-state index is 13.0. The molecule has 160 valence electrons. The van der Waals surface area contributed by atoms with Crippen LogP contribution < -0.4 is 14.8 Å². The van der Waals surface area contributed by atoms with Crippen molar-refractivity contribution in [3.8, 4) is 11.5 Å². The third-order valence-corrected chi connectivity index (χ3v) is 5.76. The zero-order valence-electron chi connectivity index (χ0n) is 17.6. The molecule has 5 rings (SSSR count). The van der Waals surface area contributed by atoms with Gasteiger partial charge >= 0.3 is 0 Å². The summed E-state index contributed by atoms with van der Waals surface area (Å²) in [5, 5.41) is 7.15. The van der Waals surface area contributed by atoms with Gasteiger partial charge in [0.1, 0.15) is 28.4 Å². The number of fused-ring (bicyclic) bond motifs is 2. The minimum Gasteiger partial charge on any atom is -0.491 e. The van der Waals surface area contributed by atoms with Crippen LogP contribution in [0.2, 0.25) is 0 Å². The van der Waals surface area contributed by atoms with Crippen LogP contribution in [0.5, 0.6) is 11.5 Å². The molecule has 1 saturated carbocycles. The Labute approximate surface area is 179 Å². The van der Waals surface area contributed by atoms with E-state index in [-0.39, 0.29) is 23.2 Å². The molecule has 3 heterocycles. The number of Topliss-reactive ketones (excluding diaryl/α,β-unsaturated/α-hetero) is 1. The van der Waals surface area contributed by atoms with Gasteiger partial charge < -0.3 is 14.8 Å². The third kappa shape index (κ3) is 3.85. The smallest absolute Gasteiger partial charge is 0.261 e. The number of amides is 1. The maximum absolute atomic E-state index is 13.0. The Kier molecular flexibility index (Phi) is 4.64. The Balaban J connectivity index is 1.43. The Morgan fingerprint density at radius 2 is 2.26 bits per heavy atom. The van der Waals surface area contributed by atoms with Crippen LogP contribution in [0, 0.1) is 5.92 Å². The molecule has 0 spiro atoms. The number of nitrogens with zero attached hydrogens (tertiary/aromatic N) is 3. The minimum absolute atomic E-state index is 0.200. The fraction of sp³-hybridized carbons (Fsp3) is 0.391. The summed E-state index contributed by atoms with van der Waals surface area (Å²) >= 11 is 0. The van der Waals surface area contributed by atoms with E-state index in [0.29, 0.717) is 42.1 Å². The molecule has 1 amide bonds. The molecule has 8 heteroatoms. The van der Waals surface area contributed by atoms with E-state index in [2.05, 4.69) is 15.4 Å². The fourth-order valence-electron chi connectivity index (χ4n) is 4.27. The van der Waals surface area contributed by atoms with Crippen LogP contribution >= 0.6 is 0 Å². The van der Waals surface area contributed by atoms with E-state index >= 15 is 0 Å². The van der Waals surface area contributed by atoms with Crippen molar-refractivity contribution in [1.29, 1.82) is 0 Å². The first-order valence-electron chi connectivity index (χ1n) is 10.5. The van der Waals surface area contributed by atoms with Crippen molar-refractivity contribution in [2.45, 2.75) is 45.1 Å². The second kappa shape index (κ2) is 7.37. The number of carbonyl (C=O) groups is 2. The quantitative estimate of drug-likeness (QED) is 0.679. The van der Waals surface area contributed by atoms with E-state index in [1.807, 2.05) is 26.0 Å². The molecule has 0 bridgehead atoms. The summed E-state index contributed by atoms with van der Waals surface area (Å²) in [6.45, 7) is 4.48. The van der Waals surface area contributed by atoms with Gasteiger partial charge in [-0.25, -0.2) is 9.50 Å². The molecule has 3 aromatic rings. The molecule has 0 unspecified atom stereocenters. The fourth-order valence-corrected chi connectivity index (χ4v) is 4.27. The van der Waals surface area contributed by atoms with E-state index in [1.165, 1.54) is 6.20 Å². The van der Waals surface area contributed by atoms with Crippen molar-refractivity contribution in [3.05, 3.63) is 47.9 Å². The summed E-state index contributed by atoms with van der Waals surface area (Å²) in [5.41, 5.74) is 2.14. The lowest BCUT2D eigenvalue weighted by molar-refractivity contribution is -0.117. The van der Waals surface area contributed by atoms with E-state index < -0.39 is 0 Å². The number of rotatable bonds is 5. The van der Waals surface area contributed by atoms with Crippen LogP contribution in [0.25, 0.3) is 5.65 Å². The van der Waals surface area contributed by atoms with Gasteiger partial charge in [-0.05, 0) is 32.4 Å². The lowest BCUT2D eigenvalue weighted by atomic mass is 10.0. The predicted molar refractivity (Wildman–Crippen MR) is 114 cm³/mol. The van der Waals surface area contributed by atoms with Gasteiger partial charge in [0.2, 0.25) is 0 Å². The number of carbonyl (C=O) groups excluding carboxylic acids is 2. The van der Waals surface area contributed by atoms with Crippen LogP contribution in [0.4, 0.5) is 5.69 Å².